The molecule has 1 aliphatic rings. The Kier molecular flexibility index (Phi) is 6.29. The van der Waals surface area contributed by atoms with Gasteiger partial charge in [0.1, 0.15) is 0 Å². The van der Waals surface area contributed by atoms with Crippen LogP contribution < -0.4 is 5.32 Å². The number of hydrogen-bond donors (Lipinski definition) is 1. The van der Waals surface area contributed by atoms with Crippen LogP contribution in [0.25, 0.3) is 0 Å². The molecule has 0 aromatic heterocycles. The molecule has 1 fully saturated rings. The Morgan fingerprint density at radius 3 is 2.48 bits per heavy atom. The maximum atomic E-state index is 3.85. The summed E-state index contributed by atoms with van der Waals surface area (Å²) in [5.74, 6) is 2.63. The van der Waals surface area contributed by atoms with E-state index < -0.39 is 0 Å². The Balaban J connectivity index is 2.06. The Morgan fingerprint density at radius 2 is 1.86 bits per heavy atom. The molecule has 21 heavy (non-hydrogen) atoms. The van der Waals surface area contributed by atoms with Crippen LogP contribution in [0.2, 0.25) is 0 Å². The molecule has 1 aromatic rings. The van der Waals surface area contributed by atoms with Crippen molar-refractivity contribution in [2.24, 2.45) is 17.8 Å². The zero-order valence-electron chi connectivity index (χ0n) is 14.4. The van der Waals surface area contributed by atoms with Crippen molar-refractivity contribution in [2.45, 2.75) is 65.8 Å². The molecule has 1 aliphatic carbocycles. The van der Waals surface area contributed by atoms with Crippen molar-refractivity contribution >= 4 is 0 Å². The summed E-state index contributed by atoms with van der Waals surface area (Å²) in [6.45, 7) is 10.5. The van der Waals surface area contributed by atoms with Crippen LogP contribution in [0.4, 0.5) is 0 Å². The zero-order chi connectivity index (χ0) is 15.2. The fourth-order valence-electron chi connectivity index (χ4n) is 4.17. The van der Waals surface area contributed by atoms with Crippen LogP contribution in [-0.4, -0.2) is 12.6 Å². The van der Waals surface area contributed by atoms with Crippen molar-refractivity contribution in [3.63, 3.8) is 0 Å². The van der Waals surface area contributed by atoms with E-state index in [-0.39, 0.29) is 0 Å². The quantitative estimate of drug-likeness (QED) is 0.778. The van der Waals surface area contributed by atoms with Crippen LogP contribution in [0.1, 0.15) is 57.6 Å². The largest absolute Gasteiger partial charge is 0.313 e. The third-order valence-electron chi connectivity index (χ3n) is 4.98. The van der Waals surface area contributed by atoms with Gasteiger partial charge in [-0.25, -0.2) is 0 Å². The van der Waals surface area contributed by atoms with Crippen molar-refractivity contribution in [3.05, 3.63) is 35.4 Å². The van der Waals surface area contributed by atoms with E-state index in [1.807, 2.05) is 0 Å². The fourth-order valence-corrected chi connectivity index (χ4v) is 4.17. The molecule has 0 heterocycles. The first kappa shape index (κ1) is 16.5. The minimum Gasteiger partial charge on any atom is -0.313 e. The van der Waals surface area contributed by atoms with Crippen LogP contribution in [0.3, 0.4) is 0 Å². The molecule has 3 atom stereocenters. The molecule has 0 bridgehead atoms. The van der Waals surface area contributed by atoms with Gasteiger partial charge in [0.05, 0.1) is 0 Å². The molecule has 3 unspecified atom stereocenters. The predicted octanol–water partition coefficient (Wildman–Crippen LogP) is 4.98. The fraction of sp³-hybridized carbons (Fsp3) is 0.700. The average Bonchev–Trinajstić information content (AvgIpc) is 2.42. The van der Waals surface area contributed by atoms with Gasteiger partial charge in [-0.05, 0) is 68.9 Å². The number of rotatable bonds is 6. The number of hydrogen-bond acceptors (Lipinski definition) is 1. The Morgan fingerprint density at radius 1 is 1.14 bits per heavy atom. The first-order valence-corrected chi connectivity index (χ1v) is 8.87. The highest BCUT2D eigenvalue weighted by Gasteiger charge is 2.29. The van der Waals surface area contributed by atoms with Gasteiger partial charge in [0.15, 0.2) is 0 Å². The summed E-state index contributed by atoms with van der Waals surface area (Å²) in [7, 11) is 0. The topological polar surface area (TPSA) is 12.0 Å². The molecule has 1 N–H and O–H groups in total. The van der Waals surface area contributed by atoms with Crippen molar-refractivity contribution in [2.75, 3.05) is 6.54 Å². The summed E-state index contributed by atoms with van der Waals surface area (Å²) in [6, 6.07) is 9.70. The second kappa shape index (κ2) is 7.98. The molecule has 1 nitrogen and oxygen atoms in total. The standard InChI is InChI=1S/C20H33N/c1-5-9-21-20(14-18-8-6-7-15(2)11-18)19-12-16(3)10-17(4)13-19/h6-8,11,16-17,19-21H,5,9-10,12-14H2,1-4H3. The Hall–Kier alpha value is -0.820. The molecule has 1 saturated carbocycles. The lowest BCUT2D eigenvalue weighted by Gasteiger charge is -2.37. The first-order chi connectivity index (χ1) is 10.1. The van der Waals surface area contributed by atoms with Gasteiger partial charge in [-0.15, -0.1) is 0 Å². The van der Waals surface area contributed by atoms with E-state index in [1.54, 1.807) is 0 Å². The molecule has 0 spiro atoms. The van der Waals surface area contributed by atoms with E-state index in [1.165, 1.54) is 43.2 Å². The molecular weight excluding hydrogens is 254 g/mol. The van der Waals surface area contributed by atoms with Crippen molar-refractivity contribution < 1.29 is 0 Å². The molecule has 0 saturated heterocycles. The predicted molar refractivity (Wildman–Crippen MR) is 92.6 cm³/mol. The van der Waals surface area contributed by atoms with Gasteiger partial charge < -0.3 is 5.32 Å². The van der Waals surface area contributed by atoms with Crippen LogP contribution >= 0.6 is 0 Å². The maximum absolute atomic E-state index is 3.85. The molecular formula is C20H33N. The highest BCUT2D eigenvalue weighted by Crippen LogP contribution is 2.35. The average molecular weight is 287 g/mol. The van der Waals surface area contributed by atoms with Crippen molar-refractivity contribution in [1.29, 1.82) is 0 Å². The second-order valence-electron chi connectivity index (χ2n) is 7.43. The Bertz CT molecular complexity index is 416. The summed E-state index contributed by atoms with van der Waals surface area (Å²) in [5, 5.41) is 3.85. The van der Waals surface area contributed by atoms with E-state index in [4.69, 9.17) is 0 Å². The Labute approximate surface area is 131 Å². The van der Waals surface area contributed by atoms with Crippen LogP contribution in [0.5, 0.6) is 0 Å². The van der Waals surface area contributed by atoms with Gasteiger partial charge >= 0.3 is 0 Å². The van der Waals surface area contributed by atoms with E-state index in [2.05, 4.69) is 57.3 Å². The molecule has 0 radical (unpaired) electrons. The molecule has 0 aliphatic heterocycles. The third kappa shape index (κ3) is 5.14. The van der Waals surface area contributed by atoms with E-state index in [0.29, 0.717) is 6.04 Å². The van der Waals surface area contributed by atoms with Gasteiger partial charge in [-0.2, -0.15) is 0 Å². The SMILES string of the molecule is CCCNC(Cc1cccc(C)c1)C1CC(C)CC(C)C1. The summed E-state index contributed by atoms with van der Waals surface area (Å²) in [4.78, 5) is 0. The van der Waals surface area contributed by atoms with E-state index >= 15 is 0 Å². The summed E-state index contributed by atoms with van der Waals surface area (Å²) in [6.07, 6.45) is 6.63. The van der Waals surface area contributed by atoms with Crippen LogP contribution in [0.15, 0.2) is 24.3 Å². The maximum Gasteiger partial charge on any atom is 0.0136 e. The molecule has 2 rings (SSSR count). The van der Waals surface area contributed by atoms with Gasteiger partial charge in [0.25, 0.3) is 0 Å². The van der Waals surface area contributed by atoms with Crippen LogP contribution in [0, 0.1) is 24.7 Å². The summed E-state index contributed by atoms with van der Waals surface area (Å²) >= 11 is 0. The normalized spacial score (nSPS) is 27.5. The summed E-state index contributed by atoms with van der Waals surface area (Å²) in [5.41, 5.74) is 2.88. The third-order valence-corrected chi connectivity index (χ3v) is 4.98. The zero-order valence-corrected chi connectivity index (χ0v) is 14.4. The highest BCUT2D eigenvalue weighted by atomic mass is 14.9. The van der Waals surface area contributed by atoms with Gasteiger partial charge in [0.2, 0.25) is 0 Å². The number of nitrogens with one attached hydrogen (secondary N) is 1. The first-order valence-electron chi connectivity index (χ1n) is 8.87. The smallest absolute Gasteiger partial charge is 0.0136 e. The van der Waals surface area contributed by atoms with E-state index in [0.717, 1.165) is 24.3 Å². The van der Waals surface area contributed by atoms with Crippen molar-refractivity contribution in [3.8, 4) is 0 Å². The van der Waals surface area contributed by atoms with E-state index in [9.17, 15) is 0 Å². The minimum absolute atomic E-state index is 0.650. The number of aryl methyl sites for hydroxylation is 1. The van der Waals surface area contributed by atoms with Gasteiger partial charge in [-0.3, -0.25) is 0 Å². The monoisotopic (exact) mass is 287 g/mol. The second-order valence-corrected chi connectivity index (χ2v) is 7.43. The highest BCUT2D eigenvalue weighted by molar-refractivity contribution is 5.23. The minimum atomic E-state index is 0.650. The molecule has 118 valence electrons. The molecule has 1 heteroatoms. The number of benzene rings is 1. The van der Waals surface area contributed by atoms with Gasteiger partial charge in [-0.1, -0.05) is 50.6 Å². The lowest BCUT2D eigenvalue weighted by Crippen LogP contribution is -2.41. The van der Waals surface area contributed by atoms with Gasteiger partial charge in [0, 0.05) is 6.04 Å². The molecule has 1 aromatic carbocycles. The summed E-state index contributed by atoms with van der Waals surface area (Å²) < 4.78 is 0. The van der Waals surface area contributed by atoms with Crippen LogP contribution in [-0.2, 0) is 6.42 Å². The lowest BCUT2D eigenvalue weighted by molar-refractivity contribution is 0.175. The lowest BCUT2D eigenvalue weighted by atomic mass is 9.72. The molecule has 0 amide bonds. The van der Waals surface area contributed by atoms with Crippen molar-refractivity contribution in [1.82, 2.24) is 5.32 Å².